The Hall–Kier alpha value is -1.40. The molecule has 0 unspecified atom stereocenters. The van der Waals surface area contributed by atoms with Gasteiger partial charge in [-0.15, -0.1) is 0 Å². The average Bonchev–Trinajstić information content (AvgIpc) is 3.01. The molecule has 3 heterocycles. The van der Waals surface area contributed by atoms with Gasteiger partial charge < -0.3 is 19.6 Å². The van der Waals surface area contributed by atoms with Gasteiger partial charge in [0.15, 0.2) is 0 Å². The number of morpholine rings is 1. The molecule has 1 N–H and O–H groups in total. The summed E-state index contributed by atoms with van der Waals surface area (Å²) in [4.78, 5) is 14.3. The molecule has 138 valence electrons. The minimum atomic E-state index is -0.151. The molecule has 1 aromatic heterocycles. The van der Waals surface area contributed by atoms with Crippen molar-refractivity contribution in [3.05, 3.63) is 11.8 Å². The Morgan fingerprint density at radius 3 is 2.68 bits per heavy atom. The van der Waals surface area contributed by atoms with Crippen LogP contribution in [0, 0.1) is 5.41 Å². The summed E-state index contributed by atoms with van der Waals surface area (Å²) in [5.74, 6) is 1.87. The summed E-state index contributed by atoms with van der Waals surface area (Å²) < 4.78 is 5.46. The molecular weight excluding hydrogens is 316 g/mol. The third kappa shape index (κ3) is 3.34. The summed E-state index contributed by atoms with van der Waals surface area (Å²) in [6.07, 6.45) is 6.29. The van der Waals surface area contributed by atoms with Crippen LogP contribution in [0.1, 0.15) is 44.7 Å². The molecule has 25 heavy (non-hydrogen) atoms. The largest absolute Gasteiger partial charge is 0.392 e. The molecule has 3 aliphatic rings. The lowest BCUT2D eigenvalue weighted by molar-refractivity contribution is 0.0408. The summed E-state index contributed by atoms with van der Waals surface area (Å²) in [5.41, 5.74) is 1.17. The van der Waals surface area contributed by atoms with E-state index < -0.39 is 0 Å². The zero-order valence-electron chi connectivity index (χ0n) is 15.3. The van der Waals surface area contributed by atoms with Gasteiger partial charge in [-0.3, -0.25) is 0 Å². The first-order valence-electron chi connectivity index (χ1n) is 9.84. The fraction of sp³-hybridized carbons (Fsp3) is 0.789. The van der Waals surface area contributed by atoms with Crippen LogP contribution in [0.4, 0.5) is 11.8 Å². The molecule has 6 nitrogen and oxygen atoms in total. The summed E-state index contributed by atoms with van der Waals surface area (Å²) in [6, 6.07) is 2.14. The molecule has 6 heteroatoms. The van der Waals surface area contributed by atoms with E-state index in [-0.39, 0.29) is 11.5 Å². The Kier molecular flexibility index (Phi) is 4.82. The molecule has 1 aliphatic carbocycles. The molecule has 0 bridgehead atoms. The van der Waals surface area contributed by atoms with Gasteiger partial charge in [0.1, 0.15) is 5.82 Å². The van der Waals surface area contributed by atoms with Crippen LogP contribution in [-0.2, 0) is 11.2 Å². The highest BCUT2D eigenvalue weighted by molar-refractivity contribution is 5.47. The number of aromatic nitrogens is 2. The molecule has 1 saturated carbocycles. The lowest BCUT2D eigenvalue weighted by atomic mass is 9.76. The monoisotopic (exact) mass is 346 g/mol. The molecule has 4 rings (SSSR count). The molecule has 1 aromatic rings. The maximum atomic E-state index is 10.5. The molecule has 2 atom stereocenters. The Morgan fingerprint density at radius 1 is 1.16 bits per heavy atom. The number of hydrogen-bond donors (Lipinski definition) is 1. The second kappa shape index (κ2) is 7.08. The van der Waals surface area contributed by atoms with E-state index in [4.69, 9.17) is 14.7 Å². The van der Waals surface area contributed by atoms with Crippen molar-refractivity contribution in [3.63, 3.8) is 0 Å². The molecule has 0 amide bonds. The average molecular weight is 346 g/mol. The summed E-state index contributed by atoms with van der Waals surface area (Å²) in [6.45, 7) is 7.30. The molecular formula is C19H30N4O2. The van der Waals surface area contributed by atoms with Gasteiger partial charge in [0.2, 0.25) is 5.95 Å². The molecule has 0 radical (unpaired) electrons. The van der Waals surface area contributed by atoms with E-state index in [9.17, 15) is 5.11 Å². The van der Waals surface area contributed by atoms with Crippen molar-refractivity contribution in [2.75, 3.05) is 49.2 Å². The molecule has 0 aromatic carbocycles. The highest BCUT2D eigenvalue weighted by atomic mass is 16.5. The Bertz CT molecular complexity index is 605. The Morgan fingerprint density at radius 2 is 1.96 bits per heavy atom. The minimum absolute atomic E-state index is 0.0781. The van der Waals surface area contributed by atoms with E-state index in [1.807, 2.05) is 0 Å². The van der Waals surface area contributed by atoms with Crippen LogP contribution in [0.2, 0.25) is 0 Å². The molecule has 2 aliphatic heterocycles. The first kappa shape index (κ1) is 17.0. The van der Waals surface area contributed by atoms with E-state index in [1.165, 1.54) is 0 Å². The number of aryl methyl sites for hydroxylation is 1. The van der Waals surface area contributed by atoms with Crippen molar-refractivity contribution in [3.8, 4) is 0 Å². The van der Waals surface area contributed by atoms with Gasteiger partial charge in [0, 0.05) is 43.4 Å². The number of ether oxygens (including phenoxy) is 1. The number of aliphatic hydroxyl groups excluding tert-OH is 1. The number of hydrogen-bond acceptors (Lipinski definition) is 6. The van der Waals surface area contributed by atoms with Crippen LogP contribution in [0.3, 0.4) is 0 Å². The standard InChI is InChI=1S/C19H30N4O2/c1-2-15-13-17(21-18(20-15)22-9-11-25-12-10-22)23-8-4-7-19(14-23)6-3-5-16(19)24/h13,16,24H,2-12,14H2,1H3/t16-,19-/m1/s1. The number of anilines is 2. The highest BCUT2D eigenvalue weighted by Gasteiger charge is 2.45. The normalized spacial score (nSPS) is 30.2. The van der Waals surface area contributed by atoms with E-state index in [0.29, 0.717) is 0 Å². The first-order valence-corrected chi connectivity index (χ1v) is 9.84. The van der Waals surface area contributed by atoms with E-state index in [2.05, 4.69) is 22.8 Å². The molecule has 3 fully saturated rings. The van der Waals surface area contributed by atoms with Gasteiger partial charge in [-0.2, -0.15) is 4.98 Å². The second-order valence-corrected chi connectivity index (χ2v) is 7.77. The van der Waals surface area contributed by atoms with Crippen molar-refractivity contribution in [2.45, 2.75) is 51.6 Å². The van der Waals surface area contributed by atoms with Gasteiger partial charge in [-0.25, -0.2) is 4.98 Å². The smallest absolute Gasteiger partial charge is 0.227 e. The van der Waals surface area contributed by atoms with E-state index in [0.717, 1.165) is 95.4 Å². The Balaban J connectivity index is 1.60. The fourth-order valence-electron chi connectivity index (χ4n) is 4.67. The first-order chi connectivity index (χ1) is 12.2. The van der Waals surface area contributed by atoms with Crippen molar-refractivity contribution in [1.29, 1.82) is 0 Å². The van der Waals surface area contributed by atoms with Gasteiger partial charge >= 0.3 is 0 Å². The fourth-order valence-corrected chi connectivity index (χ4v) is 4.67. The number of rotatable bonds is 3. The highest BCUT2D eigenvalue weighted by Crippen LogP contribution is 2.45. The van der Waals surface area contributed by atoms with Gasteiger partial charge in [-0.05, 0) is 32.1 Å². The lowest BCUT2D eigenvalue weighted by Gasteiger charge is -2.43. The van der Waals surface area contributed by atoms with Crippen molar-refractivity contribution in [2.24, 2.45) is 5.41 Å². The Labute approximate surface area is 150 Å². The number of nitrogens with zero attached hydrogens (tertiary/aromatic N) is 4. The number of piperidine rings is 1. The third-order valence-electron chi connectivity index (χ3n) is 6.20. The van der Waals surface area contributed by atoms with Crippen LogP contribution < -0.4 is 9.80 Å². The lowest BCUT2D eigenvalue weighted by Crippen LogP contribution is -2.47. The van der Waals surface area contributed by atoms with Crippen molar-refractivity contribution >= 4 is 11.8 Å². The van der Waals surface area contributed by atoms with Crippen LogP contribution in [0.25, 0.3) is 0 Å². The zero-order chi connectivity index (χ0) is 17.3. The van der Waals surface area contributed by atoms with Gasteiger partial charge in [0.25, 0.3) is 0 Å². The summed E-state index contributed by atoms with van der Waals surface area (Å²) in [7, 11) is 0. The van der Waals surface area contributed by atoms with Gasteiger partial charge in [-0.1, -0.05) is 13.3 Å². The summed E-state index contributed by atoms with van der Waals surface area (Å²) in [5, 5.41) is 10.5. The minimum Gasteiger partial charge on any atom is -0.392 e. The number of aliphatic hydroxyl groups is 1. The van der Waals surface area contributed by atoms with Gasteiger partial charge in [0.05, 0.1) is 19.3 Å². The van der Waals surface area contributed by atoms with Crippen LogP contribution in [0.5, 0.6) is 0 Å². The van der Waals surface area contributed by atoms with Crippen molar-refractivity contribution < 1.29 is 9.84 Å². The van der Waals surface area contributed by atoms with E-state index in [1.54, 1.807) is 0 Å². The summed E-state index contributed by atoms with van der Waals surface area (Å²) >= 11 is 0. The van der Waals surface area contributed by atoms with E-state index >= 15 is 0 Å². The van der Waals surface area contributed by atoms with Crippen LogP contribution in [0.15, 0.2) is 6.07 Å². The molecule has 2 saturated heterocycles. The predicted octanol–water partition coefficient (Wildman–Crippen LogP) is 2.01. The van der Waals surface area contributed by atoms with Crippen LogP contribution in [-0.4, -0.2) is 60.6 Å². The second-order valence-electron chi connectivity index (χ2n) is 7.77. The maximum absolute atomic E-state index is 10.5. The third-order valence-corrected chi connectivity index (χ3v) is 6.20. The quantitative estimate of drug-likeness (QED) is 0.903. The van der Waals surface area contributed by atoms with Crippen molar-refractivity contribution in [1.82, 2.24) is 9.97 Å². The van der Waals surface area contributed by atoms with Crippen LogP contribution >= 0.6 is 0 Å². The topological polar surface area (TPSA) is 61.7 Å². The predicted molar refractivity (Wildman–Crippen MR) is 98.2 cm³/mol. The zero-order valence-corrected chi connectivity index (χ0v) is 15.3. The SMILES string of the molecule is CCc1cc(N2CCC[C@]3(CCC[C@H]3O)C2)nc(N2CCOCC2)n1. The molecule has 1 spiro atoms. The maximum Gasteiger partial charge on any atom is 0.227 e.